The summed E-state index contributed by atoms with van der Waals surface area (Å²) in [5, 5.41) is 18.2. The van der Waals surface area contributed by atoms with E-state index in [1.54, 1.807) is 12.1 Å². The largest absolute Gasteiger partial charge is 0.481 e. The van der Waals surface area contributed by atoms with E-state index in [1.165, 1.54) is 0 Å². The zero-order valence-electron chi connectivity index (χ0n) is 7.63. The van der Waals surface area contributed by atoms with E-state index in [0.29, 0.717) is 16.5 Å². The van der Waals surface area contributed by atoms with Crippen molar-refractivity contribution in [3.63, 3.8) is 0 Å². The first-order chi connectivity index (χ1) is 7.08. The first kappa shape index (κ1) is 12.2. The van der Waals surface area contributed by atoms with Crippen molar-refractivity contribution in [2.24, 2.45) is 0 Å². The molecule has 3 nitrogen and oxygen atoms in total. The second-order valence-electron chi connectivity index (χ2n) is 2.91. The predicted octanol–water partition coefficient (Wildman–Crippen LogP) is 2.84. The lowest BCUT2D eigenvalue weighted by Crippen LogP contribution is -2.04. The number of nitrogens with zero attached hydrogens (tertiary/aromatic N) is 1. The third-order valence-corrected chi connectivity index (χ3v) is 2.93. The number of halogens is 2. The molecule has 15 heavy (non-hydrogen) atoms. The van der Waals surface area contributed by atoms with E-state index in [9.17, 15) is 4.79 Å². The highest BCUT2D eigenvalue weighted by Crippen LogP contribution is 2.23. The summed E-state index contributed by atoms with van der Waals surface area (Å²) in [4.78, 5) is 10.6. The van der Waals surface area contributed by atoms with Gasteiger partial charge in [0.15, 0.2) is 0 Å². The quantitative estimate of drug-likeness (QED) is 0.866. The van der Waals surface area contributed by atoms with E-state index < -0.39 is 5.97 Å². The number of hydrogen-bond donors (Lipinski definition) is 1. The molecule has 0 spiro atoms. The minimum absolute atomic E-state index is 0.137. The van der Waals surface area contributed by atoms with Crippen LogP contribution in [0.15, 0.2) is 16.6 Å². The van der Waals surface area contributed by atoms with Crippen molar-refractivity contribution in [3.05, 3.63) is 33.3 Å². The summed E-state index contributed by atoms with van der Waals surface area (Å²) >= 11 is 6.55. The molecule has 0 bridgehead atoms. The molecule has 0 fully saturated rings. The van der Waals surface area contributed by atoms with Gasteiger partial charge >= 0.3 is 5.97 Å². The number of benzene rings is 1. The van der Waals surface area contributed by atoms with Crippen LogP contribution < -0.4 is 0 Å². The number of carboxylic acids is 1. The van der Waals surface area contributed by atoms with E-state index in [-0.39, 0.29) is 6.42 Å². The lowest BCUT2D eigenvalue weighted by atomic mass is 10.0. The molecule has 5 heteroatoms. The summed E-state index contributed by atoms with van der Waals surface area (Å²) in [7, 11) is 0. The minimum atomic E-state index is -0.940. The molecule has 1 aromatic carbocycles. The maximum Gasteiger partial charge on any atom is 0.307 e. The van der Waals surface area contributed by atoms with Crippen molar-refractivity contribution in [2.75, 3.05) is 0 Å². The highest BCUT2D eigenvalue weighted by molar-refractivity contribution is 9.10. The van der Waals surface area contributed by atoms with Crippen molar-refractivity contribution in [2.45, 2.75) is 11.8 Å². The smallest absolute Gasteiger partial charge is 0.307 e. The normalized spacial score (nSPS) is 9.67. The highest BCUT2D eigenvalue weighted by Gasteiger charge is 2.11. The maximum atomic E-state index is 10.6. The Morgan fingerprint density at radius 1 is 1.47 bits per heavy atom. The molecular weight excluding hydrogens is 326 g/mol. The Labute approximate surface area is 104 Å². The monoisotopic (exact) mass is 331 g/mol. The molecule has 0 saturated carbocycles. The lowest BCUT2D eigenvalue weighted by Gasteiger charge is -2.06. The first-order valence-corrected chi connectivity index (χ1v) is 5.99. The van der Waals surface area contributed by atoms with Gasteiger partial charge in [0.1, 0.15) is 0 Å². The van der Waals surface area contributed by atoms with Crippen LogP contribution in [0.5, 0.6) is 0 Å². The zero-order valence-corrected chi connectivity index (χ0v) is 10.8. The van der Waals surface area contributed by atoms with Crippen molar-refractivity contribution in [1.82, 2.24) is 0 Å². The van der Waals surface area contributed by atoms with Crippen LogP contribution in [-0.2, 0) is 16.5 Å². The van der Waals surface area contributed by atoms with Gasteiger partial charge in [-0.25, -0.2) is 0 Å². The first-order valence-electron chi connectivity index (χ1n) is 4.07. The molecule has 0 aromatic heterocycles. The minimum Gasteiger partial charge on any atom is -0.481 e. The van der Waals surface area contributed by atoms with Gasteiger partial charge in [-0.2, -0.15) is 5.26 Å². The number of alkyl halides is 1. The van der Waals surface area contributed by atoms with Gasteiger partial charge in [0.05, 0.1) is 18.1 Å². The SMILES string of the molecule is N#Cc1c(CBr)cc(Br)cc1CC(=O)O. The summed E-state index contributed by atoms with van der Waals surface area (Å²) in [5.74, 6) is -0.940. The van der Waals surface area contributed by atoms with Gasteiger partial charge in [0, 0.05) is 9.80 Å². The topological polar surface area (TPSA) is 61.1 Å². The van der Waals surface area contributed by atoms with Gasteiger partial charge in [-0.3, -0.25) is 4.79 Å². The summed E-state index contributed by atoms with van der Waals surface area (Å²) in [5.41, 5.74) is 1.77. The van der Waals surface area contributed by atoms with E-state index in [4.69, 9.17) is 10.4 Å². The third-order valence-electron chi connectivity index (χ3n) is 1.86. The van der Waals surface area contributed by atoms with Crippen LogP contribution in [0, 0.1) is 11.3 Å². The molecule has 78 valence electrons. The molecule has 0 amide bonds. The van der Waals surface area contributed by atoms with Crippen LogP contribution in [0.2, 0.25) is 0 Å². The second-order valence-corrected chi connectivity index (χ2v) is 4.39. The summed E-state index contributed by atoms with van der Waals surface area (Å²) in [6.45, 7) is 0. The van der Waals surface area contributed by atoms with Gasteiger partial charge in [-0.1, -0.05) is 31.9 Å². The van der Waals surface area contributed by atoms with Gasteiger partial charge in [0.2, 0.25) is 0 Å². The molecule has 0 aliphatic rings. The Bertz CT molecular complexity index is 438. The van der Waals surface area contributed by atoms with Crippen LogP contribution in [0.1, 0.15) is 16.7 Å². The number of aliphatic carboxylic acids is 1. The van der Waals surface area contributed by atoms with Crippen LogP contribution in [0.25, 0.3) is 0 Å². The van der Waals surface area contributed by atoms with Crippen LogP contribution in [-0.4, -0.2) is 11.1 Å². The Morgan fingerprint density at radius 3 is 2.53 bits per heavy atom. The second kappa shape index (κ2) is 5.29. The van der Waals surface area contributed by atoms with Crippen LogP contribution >= 0.6 is 31.9 Å². The van der Waals surface area contributed by atoms with Crippen molar-refractivity contribution in [1.29, 1.82) is 5.26 Å². The summed E-state index contributed by atoms with van der Waals surface area (Å²) < 4.78 is 0.784. The fraction of sp³-hybridized carbons (Fsp3) is 0.200. The fourth-order valence-electron chi connectivity index (χ4n) is 1.28. The Kier molecular flexibility index (Phi) is 4.30. The zero-order chi connectivity index (χ0) is 11.4. The predicted molar refractivity (Wildman–Crippen MR) is 62.8 cm³/mol. The van der Waals surface area contributed by atoms with E-state index in [1.807, 2.05) is 6.07 Å². The number of carboxylic acid groups (broad SMARTS) is 1. The van der Waals surface area contributed by atoms with Gasteiger partial charge < -0.3 is 5.11 Å². The third kappa shape index (κ3) is 3.05. The standard InChI is InChI=1S/C10H7Br2NO2/c11-4-7-2-8(12)1-6(3-10(14)15)9(7)5-13/h1-2H,3-4H2,(H,14,15). The lowest BCUT2D eigenvalue weighted by molar-refractivity contribution is -0.136. The fourth-order valence-corrected chi connectivity index (χ4v) is 2.27. The van der Waals surface area contributed by atoms with Gasteiger partial charge in [-0.15, -0.1) is 0 Å². The molecule has 1 aromatic rings. The number of rotatable bonds is 3. The number of hydrogen-bond acceptors (Lipinski definition) is 2. The van der Waals surface area contributed by atoms with E-state index in [0.717, 1.165) is 10.0 Å². The van der Waals surface area contributed by atoms with Crippen molar-refractivity contribution >= 4 is 37.8 Å². The molecule has 0 saturated heterocycles. The molecule has 1 N–H and O–H groups in total. The van der Waals surface area contributed by atoms with E-state index >= 15 is 0 Å². The van der Waals surface area contributed by atoms with Crippen molar-refractivity contribution < 1.29 is 9.90 Å². The molecule has 0 aliphatic heterocycles. The van der Waals surface area contributed by atoms with Gasteiger partial charge in [-0.05, 0) is 23.3 Å². The molecule has 0 atom stereocenters. The molecular formula is C10H7Br2NO2. The average molecular weight is 333 g/mol. The Hall–Kier alpha value is -0.860. The summed E-state index contributed by atoms with van der Waals surface area (Å²) in [6, 6.07) is 5.50. The summed E-state index contributed by atoms with van der Waals surface area (Å²) in [6.07, 6.45) is -0.137. The van der Waals surface area contributed by atoms with Crippen molar-refractivity contribution in [3.8, 4) is 6.07 Å². The molecule has 1 rings (SSSR count). The number of carbonyl (C=O) groups is 1. The molecule has 0 radical (unpaired) electrons. The van der Waals surface area contributed by atoms with E-state index in [2.05, 4.69) is 31.9 Å². The Balaban J connectivity index is 3.30. The Morgan fingerprint density at radius 2 is 2.07 bits per heavy atom. The molecule has 0 aliphatic carbocycles. The van der Waals surface area contributed by atoms with Crippen LogP contribution in [0.3, 0.4) is 0 Å². The average Bonchev–Trinajstić information content (AvgIpc) is 2.15. The number of nitriles is 1. The maximum absolute atomic E-state index is 10.6. The van der Waals surface area contributed by atoms with Crippen LogP contribution in [0.4, 0.5) is 0 Å². The molecule has 0 heterocycles. The van der Waals surface area contributed by atoms with Gasteiger partial charge in [0.25, 0.3) is 0 Å². The molecule has 0 unspecified atom stereocenters. The highest BCUT2D eigenvalue weighted by atomic mass is 79.9.